The van der Waals surface area contributed by atoms with E-state index in [0.29, 0.717) is 0 Å². The Bertz CT molecular complexity index is 375. The van der Waals surface area contributed by atoms with E-state index in [4.69, 9.17) is 14.2 Å². The molecule has 3 nitrogen and oxygen atoms in total. The number of benzene rings is 1. The Labute approximate surface area is 109 Å². The number of hydrogen-bond acceptors (Lipinski definition) is 3. The van der Waals surface area contributed by atoms with Crippen molar-refractivity contribution in [2.45, 2.75) is 51.6 Å². The summed E-state index contributed by atoms with van der Waals surface area (Å²) >= 11 is 0. The Kier molecular flexibility index (Phi) is 3.93. The average Bonchev–Trinajstić information content (AvgIpc) is 2.62. The molecule has 3 heteroatoms. The number of ether oxygens (including phenoxy) is 3. The molecule has 18 heavy (non-hydrogen) atoms. The van der Waals surface area contributed by atoms with Gasteiger partial charge in [0, 0.05) is 6.42 Å². The minimum absolute atomic E-state index is 0.172. The van der Waals surface area contributed by atoms with Crippen LogP contribution in [-0.2, 0) is 15.9 Å². The van der Waals surface area contributed by atoms with Crippen molar-refractivity contribution >= 4 is 0 Å². The predicted molar refractivity (Wildman–Crippen MR) is 70.8 cm³/mol. The van der Waals surface area contributed by atoms with Gasteiger partial charge in [0.2, 0.25) is 0 Å². The largest absolute Gasteiger partial charge is 0.497 e. The molecule has 0 N–H and O–H groups in total. The van der Waals surface area contributed by atoms with Gasteiger partial charge in [-0.2, -0.15) is 0 Å². The Balaban J connectivity index is 1.91. The zero-order chi connectivity index (χ0) is 13.2. The number of hydrogen-bond donors (Lipinski definition) is 0. The lowest BCUT2D eigenvalue weighted by Gasteiger charge is -2.23. The summed E-state index contributed by atoms with van der Waals surface area (Å²) in [6, 6.07) is 8.15. The fourth-order valence-corrected chi connectivity index (χ4v) is 2.29. The molecular formula is C15H22O3. The van der Waals surface area contributed by atoms with Crippen molar-refractivity contribution in [2.24, 2.45) is 0 Å². The van der Waals surface area contributed by atoms with E-state index in [1.54, 1.807) is 7.11 Å². The lowest BCUT2D eigenvalue weighted by molar-refractivity contribution is -0.162. The first-order valence-electron chi connectivity index (χ1n) is 6.51. The lowest BCUT2D eigenvalue weighted by atomic mass is 10.1. The number of aryl methyl sites for hydroxylation is 1. The van der Waals surface area contributed by atoms with Gasteiger partial charge in [0.15, 0.2) is 5.79 Å². The van der Waals surface area contributed by atoms with Crippen molar-refractivity contribution in [3.05, 3.63) is 29.8 Å². The topological polar surface area (TPSA) is 27.7 Å². The molecule has 0 bridgehead atoms. The maximum absolute atomic E-state index is 5.88. The summed E-state index contributed by atoms with van der Waals surface area (Å²) in [5.41, 5.74) is 1.27. The summed E-state index contributed by atoms with van der Waals surface area (Å²) in [5, 5.41) is 0. The molecule has 100 valence electrons. The van der Waals surface area contributed by atoms with Crippen LogP contribution in [0, 0.1) is 0 Å². The summed E-state index contributed by atoms with van der Waals surface area (Å²) in [6.45, 7) is 6.14. The van der Waals surface area contributed by atoms with Crippen molar-refractivity contribution in [3.63, 3.8) is 0 Å². The van der Waals surface area contributed by atoms with Crippen LogP contribution in [0.25, 0.3) is 0 Å². The molecule has 1 aliphatic rings. The van der Waals surface area contributed by atoms with Gasteiger partial charge >= 0.3 is 0 Å². The van der Waals surface area contributed by atoms with Gasteiger partial charge < -0.3 is 14.2 Å². The molecule has 2 rings (SSSR count). The van der Waals surface area contributed by atoms with Crippen molar-refractivity contribution in [2.75, 3.05) is 7.11 Å². The van der Waals surface area contributed by atoms with E-state index in [2.05, 4.69) is 26.0 Å². The summed E-state index contributed by atoms with van der Waals surface area (Å²) in [5.74, 6) is 0.444. The summed E-state index contributed by atoms with van der Waals surface area (Å²) < 4.78 is 16.9. The molecule has 1 saturated heterocycles. The Hall–Kier alpha value is -1.06. The van der Waals surface area contributed by atoms with E-state index >= 15 is 0 Å². The zero-order valence-corrected chi connectivity index (χ0v) is 11.6. The zero-order valence-electron chi connectivity index (χ0n) is 11.6. The van der Waals surface area contributed by atoms with Crippen molar-refractivity contribution in [3.8, 4) is 5.75 Å². The van der Waals surface area contributed by atoms with E-state index in [1.807, 2.05) is 19.1 Å². The van der Waals surface area contributed by atoms with Gasteiger partial charge in [-0.15, -0.1) is 0 Å². The van der Waals surface area contributed by atoms with Crippen LogP contribution in [0.1, 0.15) is 32.8 Å². The lowest BCUT2D eigenvalue weighted by Crippen LogP contribution is -2.27. The maximum Gasteiger partial charge on any atom is 0.166 e. The Morgan fingerprint density at radius 3 is 2.17 bits per heavy atom. The third-order valence-electron chi connectivity index (χ3n) is 3.56. The fraction of sp³-hybridized carbons (Fsp3) is 0.600. The first-order valence-corrected chi connectivity index (χ1v) is 6.51. The molecular weight excluding hydrogens is 228 g/mol. The van der Waals surface area contributed by atoms with E-state index in [9.17, 15) is 0 Å². The Morgan fingerprint density at radius 1 is 1.11 bits per heavy atom. The summed E-state index contributed by atoms with van der Waals surface area (Å²) in [6.07, 6.45) is 2.16. The van der Waals surface area contributed by atoms with Crippen LogP contribution in [-0.4, -0.2) is 25.1 Å². The third kappa shape index (κ3) is 3.03. The second-order valence-corrected chi connectivity index (χ2v) is 5.13. The van der Waals surface area contributed by atoms with Crippen LogP contribution in [0.2, 0.25) is 0 Å². The van der Waals surface area contributed by atoms with Gasteiger partial charge in [0.25, 0.3) is 0 Å². The molecule has 1 aromatic carbocycles. The molecule has 1 unspecified atom stereocenters. The van der Waals surface area contributed by atoms with Gasteiger partial charge in [-0.3, -0.25) is 0 Å². The molecule has 0 radical (unpaired) electrons. The van der Waals surface area contributed by atoms with Gasteiger partial charge in [-0.25, -0.2) is 0 Å². The highest BCUT2D eigenvalue weighted by Gasteiger charge is 2.39. The molecule has 0 aliphatic carbocycles. The van der Waals surface area contributed by atoms with E-state index in [1.165, 1.54) is 5.56 Å². The second-order valence-electron chi connectivity index (χ2n) is 5.13. The Morgan fingerprint density at radius 2 is 1.67 bits per heavy atom. The van der Waals surface area contributed by atoms with E-state index in [0.717, 1.165) is 18.6 Å². The average molecular weight is 250 g/mol. The molecule has 1 aliphatic heterocycles. The highest BCUT2D eigenvalue weighted by molar-refractivity contribution is 5.27. The quantitative estimate of drug-likeness (QED) is 0.821. The molecule has 0 aromatic heterocycles. The summed E-state index contributed by atoms with van der Waals surface area (Å²) in [7, 11) is 1.68. The molecule has 0 saturated carbocycles. The van der Waals surface area contributed by atoms with E-state index in [-0.39, 0.29) is 12.2 Å². The molecule has 1 fully saturated rings. The monoisotopic (exact) mass is 250 g/mol. The van der Waals surface area contributed by atoms with Gasteiger partial charge in [0.1, 0.15) is 5.75 Å². The minimum Gasteiger partial charge on any atom is -0.497 e. The minimum atomic E-state index is -0.446. The normalized spacial score (nSPS) is 31.6. The third-order valence-corrected chi connectivity index (χ3v) is 3.56. The van der Waals surface area contributed by atoms with Crippen LogP contribution in [0.4, 0.5) is 0 Å². The van der Waals surface area contributed by atoms with Gasteiger partial charge in [-0.1, -0.05) is 12.1 Å². The van der Waals surface area contributed by atoms with Crippen LogP contribution in [0.15, 0.2) is 24.3 Å². The first kappa shape index (κ1) is 13.4. The number of rotatable bonds is 4. The van der Waals surface area contributed by atoms with Gasteiger partial charge in [0.05, 0.1) is 19.3 Å². The maximum atomic E-state index is 5.88. The number of methoxy groups -OCH3 is 1. The molecule has 1 aromatic rings. The van der Waals surface area contributed by atoms with E-state index < -0.39 is 5.79 Å². The molecule has 0 amide bonds. The van der Waals surface area contributed by atoms with Crippen LogP contribution >= 0.6 is 0 Å². The molecule has 0 spiro atoms. The molecule has 3 atom stereocenters. The predicted octanol–water partition coefficient (Wildman–Crippen LogP) is 3.17. The highest BCUT2D eigenvalue weighted by Crippen LogP contribution is 2.32. The van der Waals surface area contributed by atoms with Gasteiger partial charge in [-0.05, 0) is 44.9 Å². The van der Waals surface area contributed by atoms with Crippen LogP contribution in [0.5, 0.6) is 5.75 Å². The smallest absolute Gasteiger partial charge is 0.166 e. The first-order chi connectivity index (χ1) is 8.52. The molecule has 1 heterocycles. The van der Waals surface area contributed by atoms with Crippen molar-refractivity contribution < 1.29 is 14.2 Å². The SMILES string of the molecule is COc1ccc(CCC2(C)O[C@@H](C)[C@@H](C)O2)cc1. The highest BCUT2D eigenvalue weighted by atomic mass is 16.7. The second kappa shape index (κ2) is 5.29. The van der Waals surface area contributed by atoms with Crippen LogP contribution in [0.3, 0.4) is 0 Å². The summed E-state index contributed by atoms with van der Waals surface area (Å²) in [4.78, 5) is 0. The van der Waals surface area contributed by atoms with Crippen LogP contribution < -0.4 is 4.74 Å². The van der Waals surface area contributed by atoms with Crippen molar-refractivity contribution in [1.82, 2.24) is 0 Å². The van der Waals surface area contributed by atoms with Crippen molar-refractivity contribution in [1.29, 1.82) is 0 Å². The standard InChI is InChI=1S/C15H22O3/c1-11-12(2)18-15(3,17-11)10-9-13-5-7-14(16-4)8-6-13/h5-8,11-12H,9-10H2,1-4H3/t11-,12+,15?. The fourth-order valence-electron chi connectivity index (χ4n) is 2.29.